The van der Waals surface area contributed by atoms with Crippen LogP contribution in [0.25, 0.3) is 0 Å². The summed E-state index contributed by atoms with van der Waals surface area (Å²) in [5.41, 5.74) is -0.998. The van der Waals surface area contributed by atoms with Crippen molar-refractivity contribution in [2.75, 3.05) is 0 Å². The number of nitriles is 1. The van der Waals surface area contributed by atoms with Gasteiger partial charge in [-0.05, 0) is 13.0 Å². The number of ketones is 1. The summed E-state index contributed by atoms with van der Waals surface area (Å²) < 4.78 is 0. The van der Waals surface area contributed by atoms with E-state index in [0.717, 1.165) is 19.1 Å². The molecule has 0 fully saturated rings. The van der Waals surface area contributed by atoms with Gasteiger partial charge in [0.15, 0.2) is 5.78 Å². The average Bonchev–Trinajstić information content (AvgIpc) is 2.15. The molecule has 0 saturated heterocycles. The molecular weight excluding hydrogens is 200 g/mol. The van der Waals surface area contributed by atoms with Crippen LogP contribution in [0.15, 0.2) is 12.1 Å². The summed E-state index contributed by atoms with van der Waals surface area (Å²) in [5.74, 6) is -1.17. The largest absolute Gasteiger partial charge is 0.507 e. The highest BCUT2D eigenvalue weighted by Crippen LogP contribution is 2.29. The lowest BCUT2D eigenvalue weighted by atomic mass is 10.1. The standard InChI is InChI=1S/C9H6N2O4/c1-5(12)9-7(11(14)15)2-6(4-10)3-8(9)13/h2-3,13H,1H3. The van der Waals surface area contributed by atoms with Crippen molar-refractivity contribution in [1.29, 1.82) is 5.26 Å². The van der Waals surface area contributed by atoms with Gasteiger partial charge in [-0.3, -0.25) is 14.9 Å². The van der Waals surface area contributed by atoms with Gasteiger partial charge in [0, 0.05) is 6.07 Å². The van der Waals surface area contributed by atoms with Crippen LogP contribution in [0.1, 0.15) is 22.8 Å². The van der Waals surface area contributed by atoms with E-state index in [1.807, 2.05) is 0 Å². The highest BCUT2D eigenvalue weighted by Gasteiger charge is 2.22. The topological polar surface area (TPSA) is 104 Å². The highest BCUT2D eigenvalue weighted by molar-refractivity contribution is 6.01. The minimum Gasteiger partial charge on any atom is -0.507 e. The summed E-state index contributed by atoms with van der Waals surface area (Å²) in [6.07, 6.45) is 0. The van der Waals surface area contributed by atoms with Crippen molar-refractivity contribution >= 4 is 11.5 Å². The molecule has 0 aliphatic heterocycles. The van der Waals surface area contributed by atoms with Crippen LogP contribution in [0, 0.1) is 21.4 Å². The van der Waals surface area contributed by atoms with Gasteiger partial charge in [0.25, 0.3) is 5.69 Å². The Morgan fingerprint density at radius 1 is 1.60 bits per heavy atom. The predicted molar refractivity (Wildman–Crippen MR) is 49.5 cm³/mol. The van der Waals surface area contributed by atoms with Crippen LogP contribution in [0.2, 0.25) is 0 Å². The summed E-state index contributed by atoms with van der Waals surface area (Å²) in [7, 11) is 0. The molecule has 0 unspecified atom stereocenters. The van der Waals surface area contributed by atoms with Gasteiger partial charge >= 0.3 is 0 Å². The van der Waals surface area contributed by atoms with E-state index in [2.05, 4.69) is 0 Å². The van der Waals surface area contributed by atoms with E-state index in [1.165, 1.54) is 0 Å². The first-order valence-corrected chi connectivity index (χ1v) is 3.89. The molecule has 15 heavy (non-hydrogen) atoms. The van der Waals surface area contributed by atoms with Crippen LogP contribution in [0.3, 0.4) is 0 Å². The van der Waals surface area contributed by atoms with E-state index in [0.29, 0.717) is 0 Å². The Hall–Kier alpha value is -2.42. The first-order chi connectivity index (χ1) is 6.97. The second-order valence-electron chi connectivity index (χ2n) is 2.81. The lowest BCUT2D eigenvalue weighted by Gasteiger charge is -2.02. The molecule has 0 spiro atoms. The third kappa shape index (κ3) is 1.91. The molecule has 6 nitrogen and oxygen atoms in total. The minimum atomic E-state index is -0.808. The van der Waals surface area contributed by atoms with Crippen LogP contribution in [0.5, 0.6) is 5.75 Å². The van der Waals surface area contributed by atoms with E-state index in [-0.39, 0.29) is 11.1 Å². The molecule has 0 saturated carbocycles. The molecular formula is C9H6N2O4. The van der Waals surface area contributed by atoms with Crippen LogP contribution in [0.4, 0.5) is 5.69 Å². The van der Waals surface area contributed by atoms with E-state index >= 15 is 0 Å². The number of nitro benzene ring substituents is 1. The smallest absolute Gasteiger partial charge is 0.285 e. The van der Waals surface area contributed by atoms with Crippen molar-refractivity contribution in [3.63, 3.8) is 0 Å². The fourth-order valence-electron chi connectivity index (χ4n) is 1.18. The van der Waals surface area contributed by atoms with Gasteiger partial charge in [-0.15, -0.1) is 0 Å². The monoisotopic (exact) mass is 206 g/mol. The van der Waals surface area contributed by atoms with Gasteiger partial charge in [-0.25, -0.2) is 0 Å². The summed E-state index contributed by atoms with van der Waals surface area (Å²) in [6, 6.07) is 3.63. The van der Waals surface area contributed by atoms with Crippen molar-refractivity contribution in [2.24, 2.45) is 0 Å². The number of aromatic hydroxyl groups is 1. The molecule has 0 bridgehead atoms. The zero-order chi connectivity index (χ0) is 11.6. The number of carbonyl (C=O) groups excluding carboxylic acids is 1. The van der Waals surface area contributed by atoms with Crippen molar-refractivity contribution in [3.8, 4) is 11.8 Å². The van der Waals surface area contributed by atoms with Gasteiger partial charge in [-0.2, -0.15) is 5.26 Å². The molecule has 1 rings (SSSR count). The molecule has 0 aromatic heterocycles. The third-order valence-corrected chi connectivity index (χ3v) is 1.77. The first-order valence-electron chi connectivity index (χ1n) is 3.89. The maximum absolute atomic E-state index is 11.0. The van der Waals surface area contributed by atoms with Crippen molar-refractivity contribution in [1.82, 2.24) is 0 Å². The number of phenols is 1. The number of nitro groups is 1. The zero-order valence-corrected chi connectivity index (χ0v) is 7.72. The molecule has 0 aliphatic rings. The average molecular weight is 206 g/mol. The molecule has 1 aromatic rings. The van der Waals surface area contributed by atoms with E-state index in [1.54, 1.807) is 6.07 Å². The summed E-state index contributed by atoms with van der Waals surface area (Å²) >= 11 is 0. The highest BCUT2D eigenvalue weighted by atomic mass is 16.6. The van der Waals surface area contributed by atoms with Crippen LogP contribution < -0.4 is 0 Å². The van der Waals surface area contributed by atoms with Crippen molar-refractivity contribution < 1.29 is 14.8 Å². The molecule has 6 heteroatoms. The number of nitrogens with zero attached hydrogens (tertiary/aromatic N) is 2. The Kier molecular flexibility index (Phi) is 2.67. The molecule has 76 valence electrons. The number of benzene rings is 1. The van der Waals surface area contributed by atoms with Crippen LogP contribution >= 0.6 is 0 Å². The molecule has 1 aromatic carbocycles. The van der Waals surface area contributed by atoms with E-state index in [9.17, 15) is 20.0 Å². The summed E-state index contributed by atoms with van der Waals surface area (Å²) in [6.45, 7) is 1.11. The number of phenolic OH excluding ortho intramolecular Hbond substituents is 1. The van der Waals surface area contributed by atoms with Gasteiger partial charge in [0.1, 0.15) is 11.3 Å². The fraction of sp³-hybridized carbons (Fsp3) is 0.111. The maximum atomic E-state index is 11.0. The van der Waals surface area contributed by atoms with Crippen LogP contribution in [-0.4, -0.2) is 15.8 Å². The van der Waals surface area contributed by atoms with Gasteiger partial charge in [0.2, 0.25) is 0 Å². The Morgan fingerprint density at radius 3 is 2.60 bits per heavy atom. The fourth-order valence-corrected chi connectivity index (χ4v) is 1.18. The second-order valence-corrected chi connectivity index (χ2v) is 2.81. The zero-order valence-electron chi connectivity index (χ0n) is 7.72. The number of hydrogen-bond donors (Lipinski definition) is 1. The summed E-state index contributed by atoms with van der Waals surface area (Å²) in [5, 5.41) is 28.5. The third-order valence-electron chi connectivity index (χ3n) is 1.77. The Balaban J connectivity index is 3.58. The van der Waals surface area contributed by atoms with Crippen LogP contribution in [-0.2, 0) is 0 Å². The van der Waals surface area contributed by atoms with E-state index < -0.39 is 22.1 Å². The van der Waals surface area contributed by atoms with Crippen molar-refractivity contribution in [2.45, 2.75) is 6.92 Å². The predicted octanol–water partition coefficient (Wildman–Crippen LogP) is 1.37. The Bertz CT molecular complexity index is 488. The lowest BCUT2D eigenvalue weighted by molar-refractivity contribution is -0.385. The quantitative estimate of drug-likeness (QED) is 0.447. The second kappa shape index (κ2) is 3.75. The summed E-state index contributed by atoms with van der Waals surface area (Å²) in [4.78, 5) is 20.8. The number of Topliss-reactive ketones (excluding diaryl/α,β-unsaturated/α-hetero) is 1. The molecule has 0 heterocycles. The molecule has 1 N–H and O–H groups in total. The molecule has 0 radical (unpaired) electrons. The maximum Gasteiger partial charge on any atom is 0.285 e. The molecule has 0 atom stereocenters. The number of carbonyl (C=O) groups is 1. The minimum absolute atomic E-state index is 0.0656. The van der Waals surface area contributed by atoms with Gasteiger partial charge < -0.3 is 5.11 Å². The normalized spacial score (nSPS) is 9.33. The van der Waals surface area contributed by atoms with Gasteiger partial charge in [0.05, 0.1) is 16.6 Å². The van der Waals surface area contributed by atoms with E-state index in [4.69, 9.17) is 5.26 Å². The van der Waals surface area contributed by atoms with Gasteiger partial charge in [-0.1, -0.05) is 0 Å². The SMILES string of the molecule is CC(=O)c1c(O)cc(C#N)cc1[N+](=O)[O-]. The van der Waals surface area contributed by atoms with Crippen molar-refractivity contribution in [3.05, 3.63) is 33.4 Å². The molecule has 0 aliphatic carbocycles. The first kappa shape index (κ1) is 10.7. The number of rotatable bonds is 2. The Labute approximate surface area is 84.5 Å². The Morgan fingerprint density at radius 2 is 2.20 bits per heavy atom. The lowest BCUT2D eigenvalue weighted by Crippen LogP contribution is -2.01. The number of hydrogen-bond acceptors (Lipinski definition) is 5. The molecule has 0 amide bonds.